The van der Waals surface area contributed by atoms with E-state index in [0.29, 0.717) is 24.3 Å². The molecule has 666 valence electrons. The minimum Gasteiger partial charge on any atom is -0.508 e. The van der Waals surface area contributed by atoms with Crippen LogP contribution in [-0.4, -0.2) is 208 Å². The van der Waals surface area contributed by atoms with Crippen LogP contribution in [0.25, 0.3) is 11.1 Å². The molecule has 8 aliphatic rings. The lowest BCUT2D eigenvalue weighted by Gasteiger charge is -2.42. The number of likely N-dealkylation sites (N-methyl/N-ethyl adjacent to an activating group) is 1. The molecule has 15 rings (SSSR count). The molecular weight excluding hydrogens is 1680 g/mol. The number of esters is 1. The Morgan fingerprint density at radius 3 is 1.90 bits per heavy atom. The van der Waals surface area contributed by atoms with Gasteiger partial charge in [-0.15, -0.1) is 0 Å². The number of nitrogens with one attached hydrogen (secondary N) is 8. The van der Waals surface area contributed by atoms with Crippen molar-refractivity contribution in [2.75, 3.05) is 20.3 Å². The summed E-state index contributed by atoms with van der Waals surface area (Å²) in [6.07, 6.45) is -15.4. The highest BCUT2D eigenvalue weighted by atomic mass is 35.5. The lowest BCUT2D eigenvalue weighted by molar-refractivity contribution is -0.277. The Labute approximate surface area is 723 Å². The van der Waals surface area contributed by atoms with Gasteiger partial charge in [-0.05, 0) is 126 Å². The summed E-state index contributed by atoms with van der Waals surface area (Å²) in [6, 6.07) is 4.88. The number of rotatable bonds is 20. The first kappa shape index (κ1) is 90.9. The van der Waals surface area contributed by atoms with Crippen molar-refractivity contribution in [2.24, 2.45) is 5.92 Å². The molecule has 8 aliphatic heterocycles. The third-order valence-corrected chi connectivity index (χ3v) is 22.8. The Morgan fingerprint density at radius 1 is 0.560 bits per heavy atom. The zero-order valence-electron chi connectivity index (χ0n) is 67.5. The summed E-state index contributed by atoms with van der Waals surface area (Å²) in [7, 11) is 1.43. The first-order valence-corrected chi connectivity index (χ1v) is 41.1. The van der Waals surface area contributed by atoms with Crippen LogP contribution in [-0.2, 0) is 63.8 Å². The van der Waals surface area contributed by atoms with Crippen molar-refractivity contribution in [2.45, 2.75) is 195 Å². The van der Waals surface area contributed by atoms with Gasteiger partial charge in [0.25, 0.3) is 0 Å². The lowest BCUT2D eigenvalue weighted by Crippen LogP contribution is -2.66. The molecule has 39 heteroatoms. The molecule has 2 fully saturated rings. The summed E-state index contributed by atoms with van der Waals surface area (Å²) < 4.78 is 50.1. The van der Waals surface area contributed by atoms with Gasteiger partial charge in [-0.3, -0.25) is 33.6 Å². The highest BCUT2D eigenvalue weighted by molar-refractivity contribution is 6.33. The van der Waals surface area contributed by atoms with Crippen LogP contribution in [0.1, 0.15) is 154 Å². The number of aromatic hydroxyl groups is 4. The number of hydrogen-bond acceptors (Lipinski definition) is 29. The van der Waals surface area contributed by atoms with E-state index in [2.05, 4.69) is 56.4 Å². The molecule has 125 heavy (non-hydrogen) atoms. The third kappa shape index (κ3) is 20.1. The molecule has 20 N–H and O–H groups in total. The van der Waals surface area contributed by atoms with Crippen molar-refractivity contribution >= 4 is 76.5 Å². The number of amides is 7. The largest absolute Gasteiger partial charge is 0.508 e. The Balaban J connectivity index is 1.04. The topological polar surface area (TPSA) is 566 Å². The van der Waals surface area contributed by atoms with Crippen LogP contribution in [0.2, 0.25) is 10.0 Å². The minimum absolute atomic E-state index is 0.125. The minimum atomic E-state index is -2.45. The SMILES string of the molecule is CCCOC(=O)[C@H]1O[C@@H](Oc2c3cc4cc2Oc2ccc(cc2Cl)C(O)C2NC(=O)C(NC(=O)C4NC(=O)C4NC(=O)C(Cc5ccc(cc5)O3)NC(=O)C(NC)c3ccc(O)c(c3)Oc3cc(O)c(Cl)c4c3)c3ccc(O)c(c3)-c3c(O[C@H]4O[C@H](CO)[C@@H](O)[C@H](O)[C@@H]4O)cc(O)cc3C(C(=O)O)NC2=O)[C@H](NC(=O)CCCCCCCCC(C)C)[C@@H](O)[C@@H]1O. The van der Waals surface area contributed by atoms with Crippen molar-refractivity contribution < 1.29 is 142 Å². The molecule has 0 aromatic heterocycles. The van der Waals surface area contributed by atoms with E-state index in [1.807, 2.05) is 0 Å². The van der Waals surface area contributed by atoms with Gasteiger partial charge in [0.1, 0.15) is 125 Å². The molecule has 8 heterocycles. The van der Waals surface area contributed by atoms with Crippen LogP contribution in [0.3, 0.4) is 0 Å². The van der Waals surface area contributed by atoms with E-state index in [0.717, 1.165) is 105 Å². The smallest absolute Gasteiger partial charge is 0.338 e. The monoisotopic (exact) mass is 1770 g/mol. The third-order valence-electron chi connectivity index (χ3n) is 22.1. The van der Waals surface area contributed by atoms with Gasteiger partial charge in [-0.2, -0.15) is 0 Å². The predicted molar refractivity (Wildman–Crippen MR) is 437 cm³/mol. The highest BCUT2D eigenvalue weighted by Crippen LogP contribution is 2.51. The predicted octanol–water partition coefficient (Wildman–Crippen LogP) is 5.05. The van der Waals surface area contributed by atoms with Gasteiger partial charge in [0.15, 0.2) is 35.1 Å². The maximum atomic E-state index is 16.8. The second kappa shape index (κ2) is 39.1. The standard InChI is InChI=1S/C86H94Cl2N8O29/c1-5-24-118-84(117)76-73(107)71(105)68(91-59(102)13-11-9-7-6-8-10-12-36(2)3)85(125-76)124-75-56-29-41-30-57(75)121-53-23-18-40(27-48(53)87)69(103)67-82(114)95-66(83(115)116)46-31-42(98)32-55(122-86-74(108)72(106)70(104)58(35-97)123-86)60(46)45-26-38(16-21-50(45)99)63(79(111)96-67)92-80(112)64(41)93-81(113)65-47-33-44(34-52(101)61(47)88)120-54-28-39(17-22-51(54)100)62(89-4)78(110)90-49(77(109)94-65)25-37-14-19-43(119-56)20-15-37/h14-23,26-34,36,49,58,62-74,76,85-86,89,97-101,103-108H,5-13,24-25,35H2,1-4H3,(H,90,110)(H,91,102)(H,92,112)(H,93,113)(H,94,109)(H,95,114)(H,96,111)(H,115,116)/t49?,58-,62?,63?,64?,65?,66?,67?,68-,69?,70-,71-,72+,73+,74+,76+,85-,86+/m1/s1. The molecule has 17 bridgehead atoms. The summed E-state index contributed by atoms with van der Waals surface area (Å²) in [5, 5.41) is 158. The van der Waals surface area contributed by atoms with E-state index in [4.69, 9.17) is 61.1 Å². The van der Waals surface area contributed by atoms with Crippen molar-refractivity contribution in [1.82, 2.24) is 42.5 Å². The molecule has 2 saturated heterocycles. The molecule has 37 nitrogen and oxygen atoms in total. The second-order valence-corrected chi connectivity index (χ2v) is 32.2. The van der Waals surface area contributed by atoms with Gasteiger partial charge in [-0.1, -0.05) is 113 Å². The normalized spacial score (nSPS) is 26.1. The number of phenols is 4. The molecule has 0 aliphatic carbocycles. The average molecular weight is 1770 g/mol. The number of phenolic OH excluding ortho intramolecular Hbond substituents is 4. The van der Waals surface area contributed by atoms with E-state index >= 15 is 24.0 Å². The van der Waals surface area contributed by atoms with Crippen molar-refractivity contribution in [3.63, 3.8) is 0 Å². The van der Waals surface area contributed by atoms with Crippen LogP contribution in [0, 0.1) is 5.92 Å². The van der Waals surface area contributed by atoms with Crippen molar-refractivity contribution in [3.8, 4) is 80.1 Å². The van der Waals surface area contributed by atoms with E-state index < -0.39 is 271 Å². The summed E-state index contributed by atoms with van der Waals surface area (Å²) in [6.45, 7) is 4.77. The number of unbranched alkanes of at least 4 members (excludes halogenated alkanes) is 5. The van der Waals surface area contributed by atoms with Gasteiger partial charge >= 0.3 is 11.9 Å². The Bertz CT molecular complexity index is 5260. The summed E-state index contributed by atoms with van der Waals surface area (Å²) in [4.78, 5) is 137. The number of ether oxygens (including phenoxy) is 8. The molecule has 0 radical (unpaired) electrons. The van der Waals surface area contributed by atoms with E-state index in [1.165, 1.54) is 49.5 Å². The molecule has 8 unspecified atom stereocenters. The van der Waals surface area contributed by atoms with Gasteiger partial charge in [0.2, 0.25) is 59.7 Å². The van der Waals surface area contributed by atoms with E-state index in [-0.39, 0.29) is 47.8 Å². The maximum absolute atomic E-state index is 16.8. The quantitative estimate of drug-likeness (QED) is 0.0350. The number of carbonyl (C=O) groups excluding carboxylic acids is 8. The highest BCUT2D eigenvalue weighted by Gasteiger charge is 2.52. The zero-order valence-corrected chi connectivity index (χ0v) is 69.0. The first-order valence-electron chi connectivity index (χ1n) is 40.4. The van der Waals surface area contributed by atoms with Crippen molar-refractivity contribution in [3.05, 3.63) is 164 Å². The fraction of sp³-hybridized carbons (Fsp3) is 0.407. The maximum Gasteiger partial charge on any atom is 0.338 e. The van der Waals surface area contributed by atoms with E-state index in [1.54, 1.807) is 6.92 Å². The fourth-order valence-corrected chi connectivity index (χ4v) is 15.9. The number of benzene rings is 7. The number of carbonyl (C=O) groups is 9. The molecule has 18 atom stereocenters. The number of aliphatic hydroxyl groups is 7. The average Bonchev–Trinajstić information content (AvgIpc) is 0.759. The van der Waals surface area contributed by atoms with Gasteiger partial charge < -0.3 is 142 Å². The number of aliphatic hydroxyl groups excluding tert-OH is 7. The van der Waals surface area contributed by atoms with Crippen LogP contribution in [0.15, 0.2) is 115 Å². The first-order chi connectivity index (χ1) is 59.7. The fourth-order valence-electron chi connectivity index (χ4n) is 15.5. The molecule has 7 aromatic rings. The second-order valence-electron chi connectivity index (χ2n) is 31.4. The number of carboxylic acid groups (broad SMARTS) is 1. The molecule has 0 saturated carbocycles. The Kier molecular flexibility index (Phi) is 28.5. The van der Waals surface area contributed by atoms with Crippen LogP contribution in [0.4, 0.5) is 0 Å². The summed E-state index contributed by atoms with van der Waals surface area (Å²) in [5.41, 5.74) is -3.18. The Morgan fingerprint density at radius 2 is 1.21 bits per heavy atom. The lowest BCUT2D eigenvalue weighted by atomic mass is 9.89. The molecule has 0 spiro atoms. The number of aliphatic carboxylic acids is 1. The molecular formula is C86H94Cl2N8O29. The number of halogens is 2. The zero-order chi connectivity index (χ0) is 89.7. The number of hydrogen-bond donors (Lipinski definition) is 20. The van der Waals surface area contributed by atoms with Crippen LogP contribution in [0.5, 0.6) is 69.0 Å². The Hall–Kier alpha value is -11.8. The van der Waals surface area contributed by atoms with E-state index in [9.17, 15) is 80.5 Å². The van der Waals surface area contributed by atoms with Gasteiger partial charge in [-0.25, -0.2) is 9.59 Å². The molecule has 7 amide bonds. The van der Waals surface area contributed by atoms with Gasteiger partial charge in [0.05, 0.1) is 23.3 Å². The summed E-state index contributed by atoms with van der Waals surface area (Å²) in [5.74, 6) is -18.0. The van der Waals surface area contributed by atoms with Crippen molar-refractivity contribution in [1.29, 1.82) is 0 Å². The van der Waals surface area contributed by atoms with Crippen LogP contribution >= 0.6 is 23.2 Å². The van der Waals surface area contributed by atoms with Gasteiger partial charge in [0, 0.05) is 47.2 Å². The summed E-state index contributed by atoms with van der Waals surface area (Å²) >= 11 is 14.3. The number of fused-ring (bicyclic) bond motifs is 14. The number of carboxylic acids is 1. The van der Waals surface area contributed by atoms with Crippen LogP contribution < -0.4 is 66.2 Å². The molecule has 7 aromatic carbocycles.